The Bertz CT molecular complexity index is 501. The second-order valence-electron chi connectivity index (χ2n) is 5.41. The quantitative estimate of drug-likeness (QED) is 0.710. The maximum atomic E-state index is 12.3. The number of carbonyl (C=O) groups is 1. The summed E-state index contributed by atoms with van der Waals surface area (Å²) < 4.78 is 16.2. The van der Waals surface area contributed by atoms with Crippen LogP contribution < -0.4 is 10.6 Å². The van der Waals surface area contributed by atoms with Gasteiger partial charge in [0, 0.05) is 18.8 Å². The monoisotopic (exact) mass is 322 g/mol. The molecule has 0 aliphatic carbocycles. The van der Waals surface area contributed by atoms with Crippen molar-refractivity contribution >= 4 is 11.6 Å². The molecule has 1 aromatic rings. The molecule has 6 nitrogen and oxygen atoms in total. The molecule has 23 heavy (non-hydrogen) atoms. The van der Waals surface area contributed by atoms with Gasteiger partial charge < -0.3 is 24.8 Å². The Balaban J connectivity index is 1.89. The number of hydrogen-bond acceptors (Lipinski definition) is 5. The van der Waals surface area contributed by atoms with Gasteiger partial charge in [0.15, 0.2) is 0 Å². The Morgan fingerprint density at radius 1 is 1.39 bits per heavy atom. The molecule has 1 heterocycles. The van der Waals surface area contributed by atoms with E-state index in [0.29, 0.717) is 46.2 Å². The fraction of sp³-hybridized carbons (Fsp3) is 0.588. The molecule has 2 N–H and O–H groups in total. The normalized spacial score (nSPS) is 17.9. The molecule has 1 aliphatic rings. The summed E-state index contributed by atoms with van der Waals surface area (Å²) in [6.45, 7) is 8.07. The van der Waals surface area contributed by atoms with E-state index in [1.165, 1.54) is 0 Å². The Labute approximate surface area is 137 Å². The van der Waals surface area contributed by atoms with E-state index < -0.39 is 0 Å². The second-order valence-corrected chi connectivity index (χ2v) is 5.41. The van der Waals surface area contributed by atoms with Gasteiger partial charge in [-0.05, 0) is 31.0 Å². The van der Waals surface area contributed by atoms with Crippen LogP contribution in [0.4, 0.5) is 5.69 Å². The lowest BCUT2D eigenvalue weighted by Crippen LogP contribution is -2.48. The van der Waals surface area contributed by atoms with Crippen molar-refractivity contribution in [3.05, 3.63) is 29.3 Å². The van der Waals surface area contributed by atoms with Gasteiger partial charge in [0.25, 0.3) is 0 Å². The van der Waals surface area contributed by atoms with Crippen LogP contribution in [0, 0.1) is 6.92 Å². The van der Waals surface area contributed by atoms with Crippen LogP contribution in [0.3, 0.4) is 0 Å². The SMILES string of the molecule is CCOCCOCc1cccc(NC(=O)C2COCCN2)c1C. The van der Waals surface area contributed by atoms with Crippen molar-refractivity contribution in [2.24, 2.45) is 0 Å². The van der Waals surface area contributed by atoms with Crippen molar-refractivity contribution in [2.75, 3.05) is 44.9 Å². The molecular weight excluding hydrogens is 296 g/mol. The Hall–Kier alpha value is -1.47. The number of benzene rings is 1. The summed E-state index contributed by atoms with van der Waals surface area (Å²) in [6, 6.07) is 5.54. The summed E-state index contributed by atoms with van der Waals surface area (Å²) in [5.41, 5.74) is 2.90. The maximum Gasteiger partial charge on any atom is 0.243 e. The predicted molar refractivity (Wildman–Crippen MR) is 88.6 cm³/mol. The molecule has 1 saturated heterocycles. The van der Waals surface area contributed by atoms with E-state index in [9.17, 15) is 4.79 Å². The first kappa shape index (κ1) is 17.9. The molecule has 0 saturated carbocycles. The van der Waals surface area contributed by atoms with E-state index in [1.807, 2.05) is 32.0 Å². The molecule has 1 aromatic carbocycles. The first-order valence-electron chi connectivity index (χ1n) is 8.08. The van der Waals surface area contributed by atoms with Crippen molar-refractivity contribution in [3.63, 3.8) is 0 Å². The molecule has 1 aliphatic heterocycles. The van der Waals surface area contributed by atoms with E-state index in [-0.39, 0.29) is 11.9 Å². The average Bonchev–Trinajstić information content (AvgIpc) is 2.58. The number of carbonyl (C=O) groups excluding carboxylic acids is 1. The predicted octanol–water partition coefficient (Wildman–Crippen LogP) is 1.48. The van der Waals surface area contributed by atoms with Gasteiger partial charge in [0.2, 0.25) is 5.91 Å². The van der Waals surface area contributed by atoms with Crippen molar-refractivity contribution in [1.82, 2.24) is 5.32 Å². The third-order valence-corrected chi connectivity index (χ3v) is 3.78. The molecule has 6 heteroatoms. The zero-order valence-electron chi connectivity index (χ0n) is 13.9. The summed E-state index contributed by atoms with van der Waals surface area (Å²) in [7, 11) is 0. The largest absolute Gasteiger partial charge is 0.379 e. The number of ether oxygens (including phenoxy) is 3. The number of hydrogen-bond donors (Lipinski definition) is 2. The zero-order chi connectivity index (χ0) is 16.5. The lowest BCUT2D eigenvalue weighted by molar-refractivity contribution is -0.120. The van der Waals surface area contributed by atoms with Crippen molar-refractivity contribution in [2.45, 2.75) is 26.5 Å². The van der Waals surface area contributed by atoms with Gasteiger partial charge in [0.05, 0.1) is 33.0 Å². The molecule has 0 spiro atoms. The van der Waals surface area contributed by atoms with Gasteiger partial charge in [-0.2, -0.15) is 0 Å². The highest BCUT2D eigenvalue weighted by Crippen LogP contribution is 2.20. The second kappa shape index (κ2) is 9.62. The highest BCUT2D eigenvalue weighted by Gasteiger charge is 2.21. The van der Waals surface area contributed by atoms with Crippen LogP contribution in [-0.4, -0.2) is 51.5 Å². The molecule has 1 fully saturated rings. The summed E-state index contributed by atoms with van der Waals surface area (Å²) in [5.74, 6) is -0.0674. The molecule has 0 aromatic heterocycles. The van der Waals surface area contributed by atoms with Crippen LogP contribution in [0.15, 0.2) is 18.2 Å². The van der Waals surface area contributed by atoms with Crippen molar-refractivity contribution in [1.29, 1.82) is 0 Å². The number of nitrogens with one attached hydrogen (secondary N) is 2. The first-order chi connectivity index (χ1) is 11.2. The number of rotatable bonds is 8. The third-order valence-electron chi connectivity index (χ3n) is 3.78. The van der Waals surface area contributed by atoms with E-state index >= 15 is 0 Å². The van der Waals surface area contributed by atoms with Crippen LogP contribution in [0.5, 0.6) is 0 Å². The molecule has 128 valence electrons. The Morgan fingerprint density at radius 2 is 2.22 bits per heavy atom. The lowest BCUT2D eigenvalue weighted by atomic mass is 10.1. The molecule has 1 amide bonds. The van der Waals surface area contributed by atoms with E-state index in [0.717, 1.165) is 16.8 Å². The standard InChI is InChI=1S/C17H26N2O4/c1-3-21-9-10-23-11-14-5-4-6-15(13(14)2)19-17(20)16-12-22-8-7-18-16/h4-6,16,18H,3,7-12H2,1-2H3,(H,19,20). The smallest absolute Gasteiger partial charge is 0.243 e. The zero-order valence-corrected chi connectivity index (χ0v) is 13.9. The van der Waals surface area contributed by atoms with Gasteiger partial charge in [-0.25, -0.2) is 0 Å². The minimum absolute atomic E-state index is 0.0674. The van der Waals surface area contributed by atoms with Gasteiger partial charge in [0.1, 0.15) is 6.04 Å². The summed E-state index contributed by atoms with van der Waals surface area (Å²) >= 11 is 0. The van der Waals surface area contributed by atoms with Crippen LogP contribution in [0.2, 0.25) is 0 Å². The minimum Gasteiger partial charge on any atom is -0.379 e. The number of anilines is 1. The molecule has 1 unspecified atom stereocenters. The first-order valence-corrected chi connectivity index (χ1v) is 8.08. The fourth-order valence-corrected chi connectivity index (χ4v) is 2.37. The molecular formula is C17H26N2O4. The van der Waals surface area contributed by atoms with E-state index in [2.05, 4.69) is 10.6 Å². The van der Waals surface area contributed by atoms with Crippen molar-refractivity contribution < 1.29 is 19.0 Å². The van der Waals surface area contributed by atoms with Crippen LogP contribution in [-0.2, 0) is 25.6 Å². The van der Waals surface area contributed by atoms with Crippen LogP contribution >= 0.6 is 0 Å². The highest BCUT2D eigenvalue weighted by molar-refractivity contribution is 5.95. The Kier molecular flexibility index (Phi) is 7.48. The summed E-state index contributed by atoms with van der Waals surface area (Å²) in [6.07, 6.45) is 0. The van der Waals surface area contributed by atoms with Crippen molar-refractivity contribution in [3.8, 4) is 0 Å². The maximum absolute atomic E-state index is 12.3. The van der Waals surface area contributed by atoms with Gasteiger partial charge in [-0.15, -0.1) is 0 Å². The van der Waals surface area contributed by atoms with Gasteiger partial charge in [-0.1, -0.05) is 12.1 Å². The van der Waals surface area contributed by atoms with E-state index in [4.69, 9.17) is 14.2 Å². The van der Waals surface area contributed by atoms with Crippen LogP contribution in [0.25, 0.3) is 0 Å². The topological polar surface area (TPSA) is 68.8 Å². The number of morpholine rings is 1. The van der Waals surface area contributed by atoms with E-state index in [1.54, 1.807) is 0 Å². The van der Waals surface area contributed by atoms with Gasteiger partial charge in [-0.3, -0.25) is 4.79 Å². The molecule has 2 rings (SSSR count). The summed E-state index contributed by atoms with van der Waals surface area (Å²) in [4.78, 5) is 12.3. The third kappa shape index (κ3) is 5.58. The fourth-order valence-electron chi connectivity index (χ4n) is 2.37. The average molecular weight is 322 g/mol. The highest BCUT2D eigenvalue weighted by atomic mass is 16.5. The van der Waals surface area contributed by atoms with Gasteiger partial charge >= 0.3 is 0 Å². The molecule has 0 bridgehead atoms. The summed E-state index contributed by atoms with van der Waals surface area (Å²) in [5, 5.41) is 6.12. The number of amides is 1. The lowest BCUT2D eigenvalue weighted by Gasteiger charge is -2.23. The minimum atomic E-state index is -0.297. The molecule has 1 atom stereocenters. The van der Waals surface area contributed by atoms with Crippen LogP contribution in [0.1, 0.15) is 18.1 Å². The molecule has 0 radical (unpaired) electrons. The Morgan fingerprint density at radius 3 is 2.96 bits per heavy atom.